The minimum Gasteiger partial charge on any atom is -0.388 e. The van der Waals surface area contributed by atoms with E-state index in [0.717, 1.165) is 11.3 Å². The summed E-state index contributed by atoms with van der Waals surface area (Å²) in [6.07, 6.45) is 1.47. The van der Waals surface area contributed by atoms with E-state index < -0.39 is 16.1 Å². The van der Waals surface area contributed by atoms with Crippen molar-refractivity contribution >= 4 is 10.0 Å². The predicted octanol–water partition coefficient (Wildman–Crippen LogP) is 1.64. The molecule has 0 aliphatic heterocycles. The van der Waals surface area contributed by atoms with Gasteiger partial charge in [-0.2, -0.15) is 5.10 Å². The van der Waals surface area contributed by atoms with E-state index in [1.165, 1.54) is 12.1 Å². The van der Waals surface area contributed by atoms with Crippen LogP contribution >= 0.6 is 0 Å². The van der Waals surface area contributed by atoms with Gasteiger partial charge in [-0.3, -0.25) is 5.10 Å². The molecule has 0 aliphatic carbocycles. The van der Waals surface area contributed by atoms with Gasteiger partial charge in [0.2, 0.25) is 10.0 Å². The van der Waals surface area contributed by atoms with E-state index in [9.17, 15) is 13.5 Å². The van der Waals surface area contributed by atoms with Crippen molar-refractivity contribution in [2.45, 2.75) is 37.8 Å². The standard InChI is InChI=1S/C14H19N3O3S/c1-3-14(18)11-5-4-6-13(7-11)21(19,20)16-9-12-8-15-17-10(12)2/h4-8,14,16,18H,3,9H2,1-2H3,(H,15,17). The largest absolute Gasteiger partial charge is 0.388 e. The van der Waals surface area contributed by atoms with Crippen LogP contribution in [0.15, 0.2) is 35.4 Å². The molecule has 3 N–H and O–H groups in total. The van der Waals surface area contributed by atoms with Gasteiger partial charge < -0.3 is 5.11 Å². The number of aliphatic hydroxyl groups excluding tert-OH is 1. The highest BCUT2D eigenvalue weighted by molar-refractivity contribution is 7.89. The van der Waals surface area contributed by atoms with Gasteiger partial charge in [0.05, 0.1) is 17.2 Å². The second kappa shape index (κ2) is 6.38. The Morgan fingerprint density at radius 3 is 2.81 bits per heavy atom. The molecule has 1 heterocycles. The lowest BCUT2D eigenvalue weighted by Crippen LogP contribution is -2.23. The van der Waals surface area contributed by atoms with Crippen LogP contribution in [0.4, 0.5) is 0 Å². The second-order valence-corrected chi connectivity index (χ2v) is 6.61. The van der Waals surface area contributed by atoms with Crippen molar-refractivity contribution < 1.29 is 13.5 Å². The first-order valence-corrected chi connectivity index (χ1v) is 8.19. The molecule has 2 rings (SSSR count). The van der Waals surface area contributed by atoms with Crippen LogP contribution in [0.25, 0.3) is 0 Å². The summed E-state index contributed by atoms with van der Waals surface area (Å²) >= 11 is 0. The molecule has 0 amide bonds. The summed E-state index contributed by atoms with van der Waals surface area (Å²) in [4.78, 5) is 0.147. The molecule has 0 spiro atoms. The second-order valence-electron chi connectivity index (χ2n) is 4.84. The molecule has 1 aromatic heterocycles. The molecule has 0 radical (unpaired) electrons. The van der Waals surface area contributed by atoms with E-state index in [4.69, 9.17) is 0 Å². The molecule has 1 atom stereocenters. The Hall–Kier alpha value is -1.70. The number of hydrogen-bond acceptors (Lipinski definition) is 4. The van der Waals surface area contributed by atoms with Crippen LogP contribution in [0.3, 0.4) is 0 Å². The Morgan fingerprint density at radius 2 is 2.19 bits per heavy atom. The lowest BCUT2D eigenvalue weighted by Gasteiger charge is -2.11. The Morgan fingerprint density at radius 1 is 1.43 bits per heavy atom. The third-order valence-electron chi connectivity index (χ3n) is 3.33. The zero-order chi connectivity index (χ0) is 15.5. The van der Waals surface area contributed by atoms with Crippen LogP contribution in [-0.4, -0.2) is 23.7 Å². The number of H-pyrrole nitrogens is 1. The molecule has 114 valence electrons. The highest BCUT2D eigenvalue weighted by Crippen LogP contribution is 2.20. The van der Waals surface area contributed by atoms with Crippen LogP contribution in [0.5, 0.6) is 0 Å². The molecule has 7 heteroatoms. The van der Waals surface area contributed by atoms with Crippen molar-refractivity contribution in [3.63, 3.8) is 0 Å². The quantitative estimate of drug-likeness (QED) is 0.756. The lowest BCUT2D eigenvalue weighted by molar-refractivity contribution is 0.173. The Labute approximate surface area is 124 Å². The van der Waals surface area contributed by atoms with E-state index in [2.05, 4.69) is 14.9 Å². The molecule has 0 fully saturated rings. The van der Waals surface area contributed by atoms with E-state index in [0.29, 0.717) is 12.0 Å². The Balaban J connectivity index is 2.18. The fourth-order valence-electron chi connectivity index (χ4n) is 1.93. The monoisotopic (exact) mass is 309 g/mol. The summed E-state index contributed by atoms with van der Waals surface area (Å²) in [7, 11) is -3.62. The van der Waals surface area contributed by atoms with Crippen LogP contribution < -0.4 is 4.72 Å². The average molecular weight is 309 g/mol. The van der Waals surface area contributed by atoms with Gasteiger partial charge in [0.25, 0.3) is 0 Å². The summed E-state index contributed by atoms with van der Waals surface area (Å²) in [5, 5.41) is 16.4. The summed E-state index contributed by atoms with van der Waals surface area (Å²) in [5.74, 6) is 0. The average Bonchev–Trinajstić information content (AvgIpc) is 2.90. The fraction of sp³-hybridized carbons (Fsp3) is 0.357. The van der Waals surface area contributed by atoms with Gasteiger partial charge in [-0.1, -0.05) is 19.1 Å². The number of aromatic amines is 1. The molecule has 1 unspecified atom stereocenters. The highest BCUT2D eigenvalue weighted by atomic mass is 32.2. The zero-order valence-electron chi connectivity index (χ0n) is 12.0. The minimum atomic E-state index is -3.62. The molecule has 0 saturated carbocycles. The van der Waals surface area contributed by atoms with Crippen molar-refractivity contribution in [3.8, 4) is 0 Å². The number of benzene rings is 1. The maximum atomic E-state index is 12.3. The van der Waals surface area contributed by atoms with Gasteiger partial charge in [-0.15, -0.1) is 0 Å². The third kappa shape index (κ3) is 3.69. The number of rotatable bonds is 6. The number of aromatic nitrogens is 2. The number of nitrogens with one attached hydrogen (secondary N) is 2. The molecule has 0 saturated heterocycles. The number of hydrogen-bond donors (Lipinski definition) is 3. The third-order valence-corrected chi connectivity index (χ3v) is 4.73. The van der Waals surface area contributed by atoms with Gasteiger partial charge in [0.1, 0.15) is 0 Å². The van der Waals surface area contributed by atoms with E-state index in [1.54, 1.807) is 18.3 Å². The van der Waals surface area contributed by atoms with Crippen molar-refractivity contribution in [2.24, 2.45) is 0 Å². The van der Waals surface area contributed by atoms with Crippen LogP contribution in [0.2, 0.25) is 0 Å². The topological polar surface area (TPSA) is 95.1 Å². The Kier molecular flexibility index (Phi) is 4.76. The number of nitrogens with zero attached hydrogens (tertiary/aromatic N) is 1. The smallest absolute Gasteiger partial charge is 0.240 e. The van der Waals surface area contributed by atoms with E-state index in [1.807, 2.05) is 13.8 Å². The van der Waals surface area contributed by atoms with Crippen molar-refractivity contribution in [2.75, 3.05) is 0 Å². The molecular weight excluding hydrogens is 290 g/mol. The molecule has 21 heavy (non-hydrogen) atoms. The maximum Gasteiger partial charge on any atom is 0.240 e. The predicted molar refractivity (Wildman–Crippen MR) is 79.0 cm³/mol. The van der Waals surface area contributed by atoms with Gasteiger partial charge in [0, 0.05) is 17.8 Å². The van der Waals surface area contributed by atoms with Gasteiger partial charge >= 0.3 is 0 Å². The molecule has 2 aromatic rings. The summed E-state index contributed by atoms with van der Waals surface area (Å²) in [6.45, 7) is 3.84. The molecule has 0 aliphatic rings. The fourth-order valence-corrected chi connectivity index (χ4v) is 3.00. The maximum absolute atomic E-state index is 12.3. The number of aryl methyl sites for hydroxylation is 1. The Bertz CT molecular complexity index is 710. The SMILES string of the molecule is CCC(O)c1cccc(S(=O)(=O)NCc2cn[nH]c2C)c1. The van der Waals surface area contributed by atoms with Crippen LogP contribution in [0.1, 0.15) is 36.3 Å². The summed E-state index contributed by atoms with van der Waals surface area (Å²) in [6, 6.07) is 6.36. The molecule has 1 aromatic carbocycles. The number of aliphatic hydroxyl groups is 1. The normalized spacial score (nSPS) is 13.3. The molecular formula is C14H19N3O3S. The van der Waals surface area contributed by atoms with Crippen molar-refractivity contribution in [3.05, 3.63) is 47.3 Å². The van der Waals surface area contributed by atoms with Gasteiger partial charge in [-0.05, 0) is 31.0 Å². The first-order chi connectivity index (χ1) is 9.94. The first kappa shape index (κ1) is 15.7. The van der Waals surface area contributed by atoms with E-state index in [-0.39, 0.29) is 11.4 Å². The summed E-state index contributed by atoms with van der Waals surface area (Å²) < 4.78 is 27.1. The zero-order valence-corrected chi connectivity index (χ0v) is 12.8. The summed E-state index contributed by atoms with van der Waals surface area (Å²) in [5.41, 5.74) is 2.22. The lowest BCUT2D eigenvalue weighted by atomic mass is 10.1. The molecule has 6 nitrogen and oxygen atoms in total. The van der Waals surface area contributed by atoms with Crippen LogP contribution in [-0.2, 0) is 16.6 Å². The highest BCUT2D eigenvalue weighted by Gasteiger charge is 2.16. The first-order valence-electron chi connectivity index (χ1n) is 6.70. The minimum absolute atomic E-state index is 0.147. The molecule has 0 bridgehead atoms. The van der Waals surface area contributed by atoms with Crippen molar-refractivity contribution in [1.82, 2.24) is 14.9 Å². The van der Waals surface area contributed by atoms with E-state index >= 15 is 0 Å². The van der Waals surface area contributed by atoms with Crippen LogP contribution in [0, 0.1) is 6.92 Å². The van der Waals surface area contributed by atoms with Crippen molar-refractivity contribution in [1.29, 1.82) is 0 Å². The van der Waals surface area contributed by atoms with Gasteiger partial charge in [-0.25, -0.2) is 13.1 Å². The number of sulfonamides is 1. The van der Waals surface area contributed by atoms with Gasteiger partial charge in [0.15, 0.2) is 0 Å².